The fourth-order valence-electron chi connectivity index (χ4n) is 3.74. The molecule has 1 aromatic heterocycles. The maximum absolute atomic E-state index is 14.6. The number of carbonyl (C=O) groups excluding carboxylic acids is 1. The van der Waals surface area contributed by atoms with Gasteiger partial charge in [-0.1, -0.05) is 30.3 Å². The van der Waals surface area contributed by atoms with Crippen LogP contribution in [0, 0.1) is 5.82 Å². The number of para-hydroxylation sites is 1. The fourth-order valence-corrected chi connectivity index (χ4v) is 3.74. The van der Waals surface area contributed by atoms with Gasteiger partial charge in [-0.2, -0.15) is 4.68 Å². The summed E-state index contributed by atoms with van der Waals surface area (Å²) in [5.74, 6) is -0.917. The van der Waals surface area contributed by atoms with Crippen molar-refractivity contribution >= 4 is 17.3 Å². The second-order valence-corrected chi connectivity index (χ2v) is 7.76. The van der Waals surface area contributed by atoms with E-state index in [2.05, 4.69) is 5.10 Å². The number of amides is 1. The van der Waals surface area contributed by atoms with Crippen LogP contribution < -0.4 is 25.6 Å². The molecule has 10 heteroatoms. The number of halogens is 1. The Morgan fingerprint density at radius 1 is 0.944 bits per heavy atom. The molecule has 0 aliphatic heterocycles. The molecule has 1 amide bonds. The van der Waals surface area contributed by atoms with E-state index in [0.717, 1.165) is 9.25 Å². The second-order valence-electron chi connectivity index (χ2n) is 7.76. The minimum absolute atomic E-state index is 0.107. The number of ether oxygens (including phenoxy) is 2. The lowest BCUT2D eigenvalue weighted by Crippen LogP contribution is -2.41. The summed E-state index contributed by atoms with van der Waals surface area (Å²) >= 11 is 0. The monoisotopic (exact) mass is 490 g/mol. The molecule has 36 heavy (non-hydrogen) atoms. The molecule has 0 N–H and O–H groups in total. The molecule has 0 atom stereocenters. The van der Waals surface area contributed by atoms with Gasteiger partial charge in [-0.3, -0.25) is 14.5 Å². The molecule has 0 saturated heterocycles. The third kappa shape index (κ3) is 4.74. The molecule has 0 unspecified atom stereocenters. The van der Waals surface area contributed by atoms with Crippen molar-refractivity contribution < 1.29 is 18.7 Å². The Morgan fingerprint density at radius 2 is 1.67 bits per heavy atom. The third-order valence-electron chi connectivity index (χ3n) is 5.47. The number of hydrogen-bond acceptors (Lipinski definition) is 6. The van der Waals surface area contributed by atoms with Crippen molar-refractivity contribution in [2.45, 2.75) is 13.5 Å². The van der Waals surface area contributed by atoms with Gasteiger partial charge in [0.15, 0.2) is 0 Å². The van der Waals surface area contributed by atoms with Crippen molar-refractivity contribution in [3.05, 3.63) is 105 Å². The summed E-state index contributed by atoms with van der Waals surface area (Å²) in [5.41, 5.74) is -0.0999. The summed E-state index contributed by atoms with van der Waals surface area (Å²) in [6, 6.07) is 19.7. The van der Waals surface area contributed by atoms with E-state index in [4.69, 9.17) is 9.47 Å². The molecule has 0 spiro atoms. The van der Waals surface area contributed by atoms with Gasteiger partial charge in [0.2, 0.25) is 5.91 Å². The lowest BCUT2D eigenvalue weighted by atomic mass is 10.2. The van der Waals surface area contributed by atoms with E-state index in [9.17, 15) is 18.8 Å². The zero-order valence-electron chi connectivity index (χ0n) is 19.8. The Balaban J connectivity index is 1.83. The van der Waals surface area contributed by atoms with Crippen molar-refractivity contribution in [3.63, 3.8) is 0 Å². The molecule has 184 valence electrons. The van der Waals surface area contributed by atoms with Gasteiger partial charge in [0, 0.05) is 24.2 Å². The van der Waals surface area contributed by atoms with Gasteiger partial charge in [0.05, 0.1) is 32.1 Å². The third-order valence-corrected chi connectivity index (χ3v) is 5.47. The van der Waals surface area contributed by atoms with Crippen molar-refractivity contribution in [2.24, 2.45) is 0 Å². The number of carbonyl (C=O) groups is 1. The first-order valence-corrected chi connectivity index (χ1v) is 10.9. The number of rotatable bonds is 7. The van der Waals surface area contributed by atoms with Crippen LogP contribution >= 0.6 is 0 Å². The quantitative estimate of drug-likeness (QED) is 0.395. The van der Waals surface area contributed by atoms with Gasteiger partial charge >= 0.3 is 11.2 Å². The molecule has 0 aliphatic carbocycles. The summed E-state index contributed by atoms with van der Waals surface area (Å²) in [6.07, 6.45) is 0. The van der Waals surface area contributed by atoms with Crippen molar-refractivity contribution in [1.29, 1.82) is 0 Å². The Kier molecular flexibility index (Phi) is 6.95. The zero-order chi connectivity index (χ0) is 25.8. The van der Waals surface area contributed by atoms with Crippen LogP contribution in [0.4, 0.5) is 15.8 Å². The van der Waals surface area contributed by atoms with Crippen LogP contribution in [0.5, 0.6) is 11.6 Å². The fraction of sp³-hybridized carbons (Fsp3) is 0.154. The number of anilines is 2. The van der Waals surface area contributed by atoms with Gasteiger partial charge in [-0.25, -0.2) is 13.8 Å². The Morgan fingerprint density at radius 3 is 2.31 bits per heavy atom. The summed E-state index contributed by atoms with van der Waals surface area (Å²) in [6.45, 7) is 1.08. The van der Waals surface area contributed by atoms with Crippen LogP contribution in [0.1, 0.15) is 12.5 Å². The molecule has 0 aliphatic rings. The molecule has 0 fully saturated rings. The smallest absolute Gasteiger partial charge is 0.352 e. The van der Waals surface area contributed by atoms with Crippen molar-refractivity contribution in [3.8, 4) is 17.3 Å². The molecule has 1 heterocycles. The first-order valence-electron chi connectivity index (χ1n) is 10.9. The number of benzene rings is 3. The lowest BCUT2D eigenvalue weighted by Gasteiger charge is -2.22. The Bertz CT molecular complexity index is 1530. The van der Waals surface area contributed by atoms with Gasteiger partial charge in [0.25, 0.3) is 5.88 Å². The summed E-state index contributed by atoms with van der Waals surface area (Å²) in [7, 11) is 2.66. The van der Waals surface area contributed by atoms with Crippen LogP contribution in [0.25, 0.3) is 5.69 Å². The molecular weight excluding hydrogens is 467 g/mol. The van der Waals surface area contributed by atoms with Gasteiger partial charge in [-0.15, -0.1) is 5.10 Å². The summed E-state index contributed by atoms with van der Waals surface area (Å²) in [5, 5.41) is 4.06. The van der Waals surface area contributed by atoms with E-state index < -0.39 is 17.1 Å². The number of aromatic nitrogens is 3. The second kappa shape index (κ2) is 10.3. The lowest BCUT2D eigenvalue weighted by molar-refractivity contribution is -0.115. The summed E-state index contributed by atoms with van der Waals surface area (Å²) in [4.78, 5) is 40.2. The SMILES string of the molecule is COc1ccc(Cn2c(=O)c(OC)nn(-c3cccc(N(C(C)=O)c4ccccc4)c3)c2=O)c(F)c1. The van der Waals surface area contributed by atoms with E-state index in [0.29, 0.717) is 17.1 Å². The van der Waals surface area contributed by atoms with E-state index in [1.54, 1.807) is 48.5 Å². The average Bonchev–Trinajstić information content (AvgIpc) is 2.88. The topological polar surface area (TPSA) is 95.7 Å². The van der Waals surface area contributed by atoms with E-state index >= 15 is 0 Å². The maximum atomic E-state index is 14.6. The first-order chi connectivity index (χ1) is 17.3. The van der Waals surface area contributed by atoms with Crippen LogP contribution in [0.3, 0.4) is 0 Å². The summed E-state index contributed by atoms with van der Waals surface area (Å²) < 4.78 is 26.5. The first kappa shape index (κ1) is 24.4. The number of hydrogen-bond donors (Lipinski definition) is 0. The Labute approximate surface area is 205 Å². The molecule has 9 nitrogen and oxygen atoms in total. The standard InChI is InChI=1S/C26H23FN4O5/c1-17(32)30(19-8-5-4-6-9-19)20-10-7-11-21(14-20)31-26(34)29(25(33)24(28-31)36-3)16-18-12-13-22(35-2)15-23(18)27/h4-15H,16H2,1-3H3. The Hall–Kier alpha value is -4.73. The molecular formula is C26H23FN4O5. The average molecular weight is 490 g/mol. The molecule has 0 radical (unpaired) electrons. The maximum Gasteiger partial charge on any atom is 0.352 e. The molecule has 0 bridgehead atoms. The van der Waals surface area contributed by atoms with Crippen LogP contribution in [-0.2, 0) is 11.3 Å². The predicted octanol–water partition coefficient (Wildman–Crippen LogP) is 3.28. The number of nitrogens with zero attached hydrogens (tertiary/aromatic N) is 4. The van der Waals surface area contributed by atoms with E-state index in [-0.39, 0.29) is 29.6 Å². The zero-order valence-corrected chi connectivity index (χ0v) is 19.8. The predicted molar refractivity (Wildman–Crippen MR) is 132 cm³/mol. The van der Waals surface area contributed by atoms with Gasteiger partial charge in [0.1, 0.15) is 11.6 Å². The van der Waals surface area contributed by atoms with Crippen LogP contribution in [0.2, 0.25) is 0 Å². The highest BCUT2D eigenvalue weighted by atomic mass is 19.1. The normalized spacial score (nSPS) is 10.7. The molecule has 4 aromatic rings. The highest BCUT2D eigenvalue weighted by Gasteiger charge is 2.19. The minimum Gasteiger partial charge on any atom is -0.497 e. The minimum atomic E-state index is -0.806. The van der Waals surface area contributed by atoms with E-state index in [1.807, 2.05) is 6.07 Å². The van der Waals surface area contributed by atoms with Gasteiger partial charge in [-0.05, 0) is 36.4 Å². The molecule has 4 rings (SSSR count). The molecule has 0 saturated carbocycles. The van der Waals surface area contributed by atoms with Crippen molar-refractivity contribution in [2.75, 3.05) is 19.1 Å². The highest BCUT2D eigenvalue weighted by Crippen LogP contribution is 2.27. The number of methoxy groups -OCH3 is 2. The van der Waals surface area contributed by atoms with Crippen molar-refractivity contribution in [1.82, 2.24) is 14.3 Å². The highest BCUT2D eigenvalue weighted by molar-refractivity contribution is 5.99. The van der Waals surface area contributed by atoms with Gasteiger partial charge < -0.3 is 9.47 Å². The van der Waals surface area contributed by atoms with Crippen LogP contribution in [0.15, 0.2) is 82.4 Å². The molecule has 3 aromatic carbocycles. The largest absolute Gasteiger partial charge is 0.497 e. The van der Waals surface area contributed by atoms with Crippen LogP contribution in [-0.4, -0.2) is 34.5 Å². The van der Waals surface area contributed by atoms with E-state index in [1.165, 1.54) is 44.2 Å².